The van der Waals surface area contributed by atoms with Crippen LogP contribution in [0.5, 0.6) is 0 Å². The average Bonchev–Trinajstić information content (AvgIpc) is 2.61. The third-order valence-corrected chi connectivity index (χ3v) is 3.50. The Hall–Kier alpha value is -3.35. The van der Waals surface area contributed by atoms with Crippen molar-refractivity contribution in [1.82, 2.24) is 15.0 Å². The van der Waals surface area contributed by atoms with E-state index in [2.05, 4.69) is 21.2 Å². The van der Waals surface area contributed by atoms with Gasteiger partial charge in [0, 0.05) is 12.2 Å². The number of nitrogens with zero attached hydrogens (tertiary/aromatic N) is 2. The second-order valence-electron chi connectivity index (χ2n) is 5.07. The number of hydrogen-bond donors (Lipinski definition) is 3. The number of urea groups is 1. The summed E-state index contributed by atoms with van der Waals surface area (Å²) in [4.78, 5) is 28.8. The van der Waals surface area contributed by atoms with E-state index < -0.39 is 6.03 Å². The Balaban J connectivity index is 1.79. The monoisotopic (exact) mass is 323 g/mol. The van der Waals surface area contributed by atoms with Crippen molar-refractivity contribution in [3.8, 4) is 0 Å². The molecule has 0 aliphatic rings. The largest absolute Gasteiger partial charge is 0.337 e. The molecule has 24 heavy (non-hydrogen) atoms. The number of benzene rings is 2. The number of rotatable bonds is 4. The Bertz CT molecular complexity index is 921. The summed E-state index contributed by atoms with van der Waals surface area (Å²) in [5.41, 5.74) is 6.27. The lowest BCUT2D eigenvalue weighted by Crippen LogP contribution is -2.37. The number of nitrogens with one attached hydrogen (secondary N) is 3. The van der Waals surface area contributed by atoms with Gasteiger partial charge in [0.25, 0.3) is 5.56 Å². The molecule has 0 aliphatic carbocycles. The summed E-state index contributed by atoms with van der Waals surface area (Å²) >= 11 is 0. The third kappa shape index (κ3) is 3.19. The van der Waals surface area contributed by atoms with E-state index in [1.54, 1.807) is 30.3 Å². The molecule has 0 spiro atoms. The maximum absolute atomic E-state index is 12.5. The summed E-state index contributed by atoms with van der Waals surface area (Å²) in [5.74, 6) is 0.282. The minimum Gasteiger partial charge on any atom is -0.307 e. The normalized spacial score (nSPS) is 10.4. The Morgan fingerprint density at radius 1 is 1.08 bits per heavy atom. The quantitative estimate of drug-likeness (QED) is 0.644. The Labute approximate surface area is 138 Å². The van der Waals surface area contributed by atoms with Gasteiger partial charge in [0.1, 0.15) is 0 Å². The first-order valence-electron chi connectivity index (χ1n) is 7.56. The van der Waals surface area contributed by atoms with E-state index in [1.165, 1.54) is 4.57 Å². The fourth-order valence-corrected chi connectivity index (χ4v) is 2.35. The zero-order valence-electron chi connectivity index (χ0n) is 13.1. The summed E-state index contributed by atoms with van der Waals surface area (Å²) in [7, 11) is 0. The van der Waals surface area contributed by atoms with Gasteiger partial charge < -0.3 is 5.32 Å². The predicted octanol–water partition coefficient (Wildman–Crippen LogP) is 2.57. The van der Waals surface area contributed by atoms with E-state index in [0.29, 0.717) is 23.1 Å². The molecule has 7 nitrogen and oxygen atoms in total. The molecule has 0 aliphatic heterocycles. The number of hydrazine groups is 1. The number of para-hydroxylation sites is 2. The van der Waals surface area contributed by atoms with Crippen LogP contribution in [0.25, 0.3) is 10.9 Å². The molecule has 122 valence electrons. The lowest BCUT2D eigenvalue weighted by atomic mass is 10.2. The summed E-state index contributed by atoms with van der Waals surface area (Å²) in [6.45, 7) is 2.27. The van der Waals surface area contributed by atoms with Gasteiger partial charge in [0.05, 0.1) is 10.9 Å². The molecule has 0 saturated carbocycles. The van der Waals surface area contributed by atoms with Gasteiger partial charge in [-0.25, -0.2) is 15.2 Å². The van der Waals surface area contributed by atoms with E-state index in [1.807, 2.05) is 31.2 Å². The summed E-state index contributed by atoms with van der Waals surface area (Å²) in [6, 6.07) is 15.7. The number of aromatic nitrogens is 2. The van der Waals surface area contributed by atoms with Gasteiger partial charge >= 0.3 is 6.03 Å². The molecule has 0 fully saturated rings. The van der Waals surface area contributed by atoms with Gasteiger partial charge in [-0.15, -0.1) is 0 Å². The first-order valence-corrected chi connectivity index (χ1v) is 7.56. The van der Waals surface area contributed by atoms with Crippen LogP contribution in [0, 0.1) is 0 Å². The summed E-state index contributed by atoms with van der Waals surface area (Å²) in [5, 5.41) is 3.21. The molecule has 2 amide bonds. The van der Waals surface area contributed by atoms with E-state index in [9.17, 15) is 9.59 Å². The highest BCUT2D eigenvalue weighted by molar-refractivity contribution is 5.89. The van der Waals surface area contributed by atoms with Crippen molar-refractivity contribution < 1.29 is 4.79 Å². The van der Waals surface area contributed by atoms with Crippen LogP contribution >= 0.6 is 0 Å². The molecule has 3 aromatic rings. The number of anilines is 2. The van der Waals surface area contributed by atoms with E-state index in [4.69, 9.17) is 0 Å². The van der Waals surface area contributed by atoms with Crippen LogP contribution in [0.1, 0.15) is 6.92 Å². The van der Waals surface area contributed by atoms with Crippen molar-refractivity contribution >= 4 is 28.6 Å². The summed E-state index contributed by atoms with van der Waals surface area (Å²) in [6.07, 6.45) is 0. The van der Waals surface area contributed by atoms with Crippen molar-refractivity contribution in [3.05, 3.63) is 65.0 Å². The highest BCUT2D eigenvalue weighted by atomic mass is 16.2. The fourth-order valence-electron chi connectivity index (χ4n) is 2.35. The minimum absolute atomic E-state index is 0.157. The highest BCUT2D eigenvalue weighted by Crippen LogP contribution is 2.10. The molecular formula is C17H17N5O2. The molecule has 3 N–H and O–H groups in total. The average molecular weight is 323 g/mol. The molecule has 2 aromatic carbocycles. The SMILES string of the molecule is CCn1c(NNC(=O)Nc2ccccc2)nc2ccccc2c1=O. The molecule has 1 heterocycles. The molecule has 3 rings (SSSR count). The molecule has 0 unspecified atom stereocenters. The highest BCUT2D eigenvalue weighted by Gasteiger charge is 2.10. The first kappa shape index (κ1) is 15.5. The van der Waals surface area contributed by atoms with Gasteiger partial charge in [0.2, 0.25) is 5.95 Å². The number of carbonyl (C=O) groups is 1. The van der Waals surface area contributed by atoms with Crippen LogP contribution < -0.4 is 21.7 Å². The molecular weight excluding hydrogens is 306 g/mol. The van der Waals surface area contributed by atoms with Crippen molar-refractivity contribution in [2.24, 2.45) is 0 Å². The molecule has 0 saturated heterocycles. The Kier molecular flexibility index (Phi) is 4.42. The van der Waals surface area contributed by atoms with E-state index in [-0.39, 0.29) is 11.5 Å². The van der Waals surface area contributed by atoms with E-state index in [0.717, 1.165) is 0 Å². The van der Waals surface area contributed by atoms with Gasteiger partial charge in [-0.05, 0) is 31.2 Å². The Morgan fingerprint density at radius 3 is 2.54 bits per heavy atom. The van der Waals surface area contributed by atoms with Crippen LogP contribution in [0.3, 0.4) is 0 Å². The van der Waals surface area contributed by atoms with Gasteiger partial charge in [-0.2, -0.15) is 0 Å². The van der Waals surface area contributed by atoms with Gasteiger partial charge in [0.15, 0.2) is 0 Å². The van der Waals surface area contributed by atoms with Crippen molar-refractivity contribution in [2.75, 3.05) is 10.7 Å². The van der Waals surface area contributed by atoms with Crippen LogP contribution in [-0.4, -0.2) is 15.6 Å². The molecule has 0 atom stereocenters. The van der Waals surface area contributed by atoms with Crippen LogP contribution in [-0.2, 0) is 6.54 Å². The third-order valence-electron chi connectivity index (χ3n) is 3.50. The number of carbonyl (C=O) groups excluding carboxylic acids is 1. The minimum atomic E-state index is -0.453. The fraction of sp³-hybridized carbons (Fsp3) is 0.118. The van der Waals surface area contributed by atoms with Crippen LogP contribution in [0.15, 0.2) is 59.4 Å². The zero-order chi connectivity index (χ0) is 16.9. The van der Waals surface area contributed by atoms with Crippen molar-refractivity contribution in [2.45, 2.75) is 13.5 Å². The van der Waals surface area contributed by atoms with E-state index >= 15 is 0 Å². The van der Waals surface area contributed by atoms with Crippen LogP contribution in [0.4, 0.5) is 16.4 Å². The first-order chi connectivity index (χ1) is 11.7. The topological polar surface area (TPSA) is 88.1 Å². The zero-order valence-corrected chi connectivity index (χ0v) is 13.1. The van der Waals surface area contributed by atoms with Gasteiger partial charge in [-0.3, -0.25) is 14.8 Å². The standard InChI is InChI=1S/C17H17N5O2/c1-2-22-15(23)13-10-6-7-11-14(13)19-16(22)20-21-17(24)18-12-8-4-3-5-9-12/h3-11H,2H2,1H3,(H,19,20)(H2,18,21,24). The summed E-state index contributed by atoms with van der Waals surface area (Å²) < 4.78 is 1.46. The second kappa shape index (κ2) is 6.82. The molecule has 7 heteroatoms. The van der Waals surface area contributed by atoms with Gasteiger partial charge in [-0.1, -0.05) is 30.3 Å². The van der Waals surface area contributed by atoms with Crippen LogP contribution in [0.2, 0.25) is 0 Å². The maximum atomic E-state index is 12.5. The number of fused-ring (bicyclic) bond motifs is 1. The van der Waals surface area contributed by atoms with Crippen molar-refractivity contribution in [1.29, 1.82) is 0 Å². The lowest BCUT2D eigenvalue weighted by molar-refractivity contribution is 0.253. The number of amides is 2. The molecule has 0 radical (unpaired) electrons. The maximum Gasteiger partial charge on any atom is 0.337 e. The molecule has 1 aromatic heterocycles. The lowest BCUT2D eigenvalue weighted by Gasteiger charge is -2.14. The molecule has 0 bridgehead atoms. The van der Waals surface area contributed by atoms with Crippen molar-refractivity contribution in [3.63, 3.8) is 0 Å². The smallest absolute Gasteiger partial charge is 0.307 e. The number of hydrogen-bond acceptors (Lipinski definition) is 4. The predicted molar refractivity (Wildman–Crippen MR) is 93.9 cm³/mol. The second-order valence-corrected chi connectivity index (χ2v) is 5.07. The Morgan fingerprint density at radius 2 is 1.79 bits per heavy atom.